The summed E-state index contributed by atoms with van der Waals surface area (Å²) < 4.78 is 13.1. The Labute approximate surface area is 204 Å². The van der Waals surface area contributed by atoms with Gasteiger partial charge in [0, 0.05) is 69.2 Å². The molecule has 6 nitrogen and oxygen atoms in total. The molecule has 0 atom stereocenters. The van der Waals surface area contributed by atoms with Gasteiger partial charge >= 0.3 is 0 Å². The SMILES string of the molecule is CCNC(=NCCc1cccs1)NCCC(=O)N1CCN(c2ccc(F)cc2)CC1.I. The largest absolute Gasteiger partial charge is 0.368 e. The van der Waals surface area contributed by atoms with Crippen molar-refractivity contribution in [3.8, 4) is 0 Å². The standard InChI is InChI=1S/C22H30FN5OS.HI/c1-2-24-22(25-11-9-20-4-3-17-30-20)26-12-10-21(29)28-15-13-27(14-16-28)19-7-5-18(23)6-8-19;/h3-8,17H,2,9-16H2,1H3,(H2,24,25,26);1H. The molecule has 1 aliphatic heterocycles. The number of carbonyl (C=O) groups is 1. The number of carbonyl (C=O) groups excluding carboxylic acids is 1. The fourth-order valence-electron chi connectivity index (χ4n) is 3.39. The first-order valence-corrected chi connectivity index (χ1v) is 11.4. The average Bonchev–Trinajstić information content (AvgIpc) is 3.28. The van der Waals surface area contributed by atoms with Crippen molar-refractivity contribution in [1.29, 1.82) is 0 Å². The number of benzene rings is 1. The second-order valence-electron chi connectivity index (χ2n) is 7.11. The van der Waals surface area contributed by atoms with E-state index in [4.69, 9.17) is 0 Å². The number of aliphatic imine (C=N–C) groups is 1. The van der Waals surface area contributed by atoms with Crippen molar-refractivity contribution in [3.63, 3.8) is 0 Å². The van der Waals surface area contributed by atoms with E-state index in [0.717, 1.165) is 44.2 Å². The van der Waals surface area contributed by atoms with Crippen molar-refractivity contribution in [2.45, 2.75) is 19.8 Å². The molecule has 9 heteroatoms. The van der Waals surface area contributed by atoms with Gasteiger partial charge < -0.3 is 20.4 Å². The summed E-state index contributed by atoms with van der Waals surface area (Å²) in [5, 5.41) is 8.56. The summed E-state index contributed by atoms with van der Waals surface area (Å²) >= 11 is 1.74. The highest BCUT2D eigenvalue weighted by Crippen LogP contribution is 2.17. The van der Waals surface area contributed by atoms with Crippen LogP contribution in [0.4, 0.5) is 10.1 Å². The predicted molar refractivity (Wildman–Crippen MR) is 137 cm³/mol. The second-order valence-corrected chi connectivity index (χ2v) is 8.14. The van der Waals surface area contributed by atoms with Crippen LogP contribution in [-0.2, 0) is 11.2 Å². The summed E-state index contributed by atoms with van der Waals surface area (Å²) in [7, 11) is 0. The zero-order valence-electron chi connectivity index (χ0n) is 17.8. The lowest BCUT2D eigenvalue weighted by Crippen LogP contribution is -2.49. The Hall–Kier alpha value is -1.88. The zero-order chi connectivity index (χ0) is 21.2. The van der Waals surface area contributed by atoms with E-state index >= 15 is 0 Å². The second kappa shape index (κ2) is 13.5. The molecule has 3 rings (SSSR count). The van der Waals surface area contributed by atoms with Crippen molar-refractivity contribution in [2.75, 3.05) is 50.7 Å². The number of guanidine groups is 1. The lowest BCUT2D eigenvalue weighted by Gasteiger charge is -2.36. The van der Waals surface area contributed by atoms with Gasteiger partial charge in [-0.3, -0.25) is 9.79 Å². The number of hydrogen-bond acceptors (Lipinski definition) is 4. The fourth-order valence-corrected chi connectivity index (χ4v) is 4.08. The summed E-state index contributed by atoms with van der Waals surface area (Å²) in [6.45, 7) is 6.98. The summed E-state index contributed by atoms with van der Waals surface area (Å²) in [6, 6.07) is 10.7. The summed E-state index contributed by atoms with van der Waals surface area (Å²) in [4.78, 5) is 22.6. The highest BCUT2D eigenvalue weighted by atomic mass is 127. The zero-order valence-corrected chi connectivity index (χ0v) is 21.0. The van der Waals surface area contributed by atoms with Crippen LogP contribution in [0.2, 0.25) is 0 Å². The summed E-state index contributed by atoms with van der Waals surface area (Å²) in [5.74, 6) is 0.672. The van der Waals surface area contributed by atoms with Crippen LogP contribution in [0.5, 0.6) is 0 Å². The van der Waals surface area contributed by atoms with Crippen LogP contribution in [0.15, 0.2) is 46.8 Å². The van der Waals surface area contributed by atoms with Gasteiger partial charge in [-0.05, 0) is 42.6 Å². The highest BCUT2D eigenvalue weighted by Gasteiger charge is 2.21. The van der Waals surface area contributed by atoms with E-state index in [0.29, 0.717) is 26.1 Å². The first-order valence-electron chi connectivity index (χ1n) is 10.5. The lowest BCUT2D eigenvalue weighted by molar-refractivity contribution is -0.131. The van der Waals surface area contributed by atoms with Gasteiger partial charge in [-0.25, -0.2) is 4.39 Å². The highest BCUT2D eigenvalue weighted by molar-refractivity contribution is 14.0. The van der Waals surface area contributed by atoms with Gasteiger partial charge in [-0.2, -0.15) is 0 Å². The number of hydrogen-bond donors (Lipinski definition) is 2. The quantitative estimate of drug-likeness (QED) is 0.296. The topological polar surface area (TPSA) is 60.0 Å². The number of halogens is 2. The molecule has 2 N–H and O–H groups in total. The number of nitrogens with zero attached hydrogens (tertiary/aromatic N) is 3. The van der Waals surface area contributed by atoms with Crippen LogP contribution in [0.3, 0.4) is 0 Å². The van der Waals surface area contributed by atoms with Gasteiger partial charge in [0.15, 0.2) is 5.96 Å². The van der Waals surface area contributed by atoms with Gasteiger partial charge in [0.1, 0.15) is 5.82 Å². The maximum absolute atomic E-state index is 13.1. The molecule has 31 heavy (non-hydrogen) atoms. The van der Waals surface area contributed by atoms with Crippen LogP contribution in [0.1, 0.15) is 18.2 Å². The Kier molecular flexibility index (Phi) is 11.1. The van der Waals surface area contributed by atoms with Crippen molar-refractivity contribution < 1.29 is 9.18 Å². The maximum atomic E-state index is 13.1. The number of rotatable bonds is 8. The first kappa shape index (κ1) is 25.4. The lowest BCUT2D eigenvalue weighted by atomic mass is 10.2. The third-order valence-corrected chi connectivity index (χ3v) is 5.94. The average molecular weight is 559 g/mol. The molecular formula is C22H31FIN5OS. The van der Waals surface area contributed by atoms with Crippen LogP contribution in [0, 0.1) is 5.82 Å². The minimum atomic E-state index is -0.230. The maximum Gasteiger partial charge on any atom is 0.224 e. The van der Waals surface area contributed by atoms with E-state index in [9.17, 15) is 9.18 Å². The molecule has 0 bridgehead atoms. The molecule has 0 unspecified atom stereocenters. The van der Waals surface area contributed by atoms with Crippen LogP contribution >= 0.6 is 35.3 Å². The molecule has 2 aromatic rings. The number of amides is 1. The molecule has 170 valence electrons. The van der Waals surface area contributed by atoms with E-state index < -0.39 is 0 Å². The van der Waals surface area contributed by atoms with E-state index in [1.807, 2.05) is 11.8 Å². The van der Waals surface area contributed by atoms with Gasteiger partial charge in [0.2, 0.25) is 5.91 Å². The molecule has 2 heterocycles. The van der Waals surface area contributed by atoms with Gasteiger partial charge in [0.05, 0.1) is 0 Å². The molecule has 1 saturated heterocycles. The monoisotopic (exact) mass is 559 g/mol. The molecule has 0 spiro atoms. The van der Waals surface area contributed by atoms with E-state index in [1.165, 1.54) is 17.0 Å². The Bertz CT molecular complexity index is 808. The minimum absolute atomic E-state index is 0. The van der Waals surface area contributed by atoms with Crippen molar-refractivity contribution in [1.82, 2.24) is 15.5 Å². The Morgan fingerprint density at radius 1 is 1.13 bits per heavy atom. The van der Waals surface area contributed by atoms with Gasteiger partial charge in [-0.1, -0.05) is 6.07 Å². The van der Waals surface area contributed by atoms with E-state index in [1.54, 1.807) is 23.5 Å². The van der Waals surface area contributed by atoms with Crippen LogP contribution in [0.25, 0.3) is 0 Å². The van der Waals surface area contributed by atoms with Gasteiger partial charge in [-0.15, -0.1) is 35.3 Å². The van der Waals surface area contributed by atoms with Crippen LogP contribution in [-0.4, -0.2) is 62.6 Å². The molecule has 1 aliphatic rings. The molecule has 0 radical (unpaired) electrons. The van der Waals surface area contributed by atoms with E-state index in [2.05, 4.69) is 38.0 Å². The summed E-state index contributed by atoms with van der Waals surface area (Å²) in [6.07, 6.45) is 1.36. The normalized spacial score (nSPS) is 14.2. The van der Waals surface area contributed by atoms with Crippen molar-refractivity contribution in [2.24, 2.45) is 4.99 Å². The number of anilines is 1. The molecule has 1 fully saturated rings. The number of piperazine rings is 1. The predicted octanol–water partition coefficient (Wildman–Crippen LogP) is 3.34. The molecule has 1 aromatic carbocycles. The van der Waals surface area contributed by atoms with Crippen molar-refractivity contribution in [3.05, 3.63) is 52.5 Å². The molecular weight excluding hydrogens is 528 g/mol. The minimum Gasteiger partial charge on any atom is -0.368 e. The van der Waals surface area contributed by atoms with Gasteiger partial charge in [0.25, 0.3) is 0 Å². The third-order valence-electron chi connectivity index (χ3n) is 5.01. The first-order chi connectivity index (χ1) is 14.7. The Morgan fingerprint density at radius 3 is 2.52 bits per heavy atom. The third kappa shape index (κ3) is 8.29. The van der Waals surface area contributed by atoms with Crippen LogP contribution < -0.4 is 15.5 Å². The Balaban J connectivity index is 0.00000341. The van der Waals surface area contributed by atoms with Crippen molar-refractivity contribution >= 4 is 52.9 Å². The molecule has 0 aliphatic carbocycles. The molecule has 1 amide bonds. The number of nitrogens with one attached hydrogen (secondary N) is 2. The fraction of sp³-hybridized carbons (Fsp3) is 0.455. The number of thiophene rings is 1. The van der Waals surface area contributed by atoms with E-state index in [-0.39, 0.29) is 35.7 Å². The molecule has 0 saturated carbocycles. The Morgan fingerprint density at radius 2 is 1.87 bits per heavy atom. The summed E-state index contributed by atoms with van der Waals surface area (Å²) in [5.41, 5.74) is 0.999. The molecule has 1 aromatic heterocycles. The smallest absolute Gasteiger partial charge is 0.224 e.